The van der Waals surface area contributed by atoms with Crippen molar-refractivity contribution in [3.05, 3.63) is 11.6 Å². The number of nitrogens with two attached hydrogens (primary N) is 1. The Morgan fingerprint density at radius 2 is 2.20 bits per heavy atom. The van der Waals surface area contributed by atoms with Crippen LogP contribution in [0.3, 0.4) is 0 Å². The first-order valence-corrected chi connectivity index (χ1v) is 7.61. The summed E-state index contributed by atoms with van der Waals surface area (Å²) in [5.74, 6) is 1.78. The van der Waals surface area contributed by atoms with Gasteiger partial charge in [0.15, 0.2) is 5.82 Å². The van der Waals surface area contributed by atoms with Crippen LogP contribution >= 0.6 is 0 Å². The fraction of sp³-hybridized carbons (Fsp3) is 0.786. The van der Waals surface area contributed by atoms with Gasteiger partial charge in [0.1, 0.15) is 5.82 Å². The summed E-state index contributed by atoms with van der Waals surface area (Å²) in [7, 11) is 0. The molecule has 0 fully saturated rings. The summed E-state index contributed by atoms with van der Waals surface area (Å²) in [6.07, 6.45) is 6.13. The summed E-state index contributed by atoms with van der Waals surface area (Å²) >= 11 is 0. The molecule has 2 unspecified atom stereocenters. The fourth-order valence-electron chi connectivity index (χ4n) is 2.65. The van der Waals surface area contributed by atoms with Crippen LogP contribution in [0, 0.1) is 0 Å². The molecule has 0 aromatic carbocycles. The highest BCUT2D eigenvalue weighted by molar-refractivity contribution is 5.81. The Bertz CT molecular complexity index is 456. The van der Waals surface area contributed by atoms with E-state index in [0.29, 0.717) is 6.42 Å². The molecule has 2 heterocycles. The second-order valence-electron chi connectivity index (χ2n) is 5.56. The molecule has 6 nitrogen and oxygen atoms in total. The largest absolute Gasteiger partial charge is 0.345 e. The van der Waals surface area contributed by atoms with Crippen LogP contribution in [0.15, 0.2) is 0 Å². The molecule has 0 saturated heterocycles. The number of aryl methyl sites for hydroxylation is 1. The summed E-state index contributed by atoms with van der Waals surface area (Å²) in [5.41, 5.74) is 5.84. The van der Waals surface area contributed by atoms with Crippen LogP contribution in [-0.2, 0) is 17.8 Å². The Balaban J connectivity index is 2.04. The molecule has 112 valence electrons. The van der Waals surface area contributed by atoms with Crippen molar-refractivity contribution < 1.29 is 4.79 Å². The zero-order valence-electron chi connectivity index (χ0n) is 12.4. The van der Waals surface area contributed by atoms with Gasteiger partial charge in [0.05, 0.1) is 12.1 Å². The van der Waals surface area contributed by atoms with Crippen LogP contribution in [-0.4, -0.2) is 26.7 Å². The predicted octanol–water partition coefficient (Wildman–Crippen LogP) is 1.31. The SMILES string of the molecule is CCCC(N)C(=O)NC(C)c1nnc2n1CCCCC2. The average molecular weight is 279 g/mol. The summed E-state index contributed by atoms with van der Waals surface area (Å²) in [4.78, 5) is 12.0. The molecular weight excluding hydrogens is 254 g/mol. The van der Waals surface area contributed by atoms with Crippen molar-refractivity contribution in [2.24, 2.45) is 5.73 Å². The zero-order chi connectivity index (χ0) is 14.5. The third-order valence-corrected chi connectivity index (χ3v) is 3.82. The number of hydrogen-bond acceptors (Lipinski definition) is 4. The van der Waals surface area contributed by atoms with Gasteiger partial charge in [-0.2, -0.15) is 0 Å². The van der Waals surface area contributed by atoms with Crippen LogP contribution in [0.4, 0.5) is 0 Å². The van der Waals surface area contributed by atoms with Gasteiger partial charge in [0.25, 0.3) is 0 Å². The average Bonchev–Trinajstić information content (AvgIpc) is 2.68. The lowest BCUT2D eigenvalue weighted by atomic mass is 10.1. The zero-order valence-corrected chi connectivity index (χ0v) is 12.4. The van der Waals surface area contributed by atoms with Crippen molar-refractivity contribution >= 4 is 5.91 Å². The molecule has 2 atom stereocenters. The molecule has 6 heteroatoms. The number of aromatic nitrogens is 3. The summed E-state index contributed by atoms with van der Waals surface area (Å²) in [5, 5.41) is 11.5. The Morgan fingerprint density at radius 3 is 2.95 bits per heavy atom. The maximum atomic E-state index is 12.0. The lowest BCUT2D eigenvalue weighted by molar-refractivity contribution is -0.123. The minimum atomic E-state index is -0.436. The van der Waals surface area contributed by atoms with Gasteiger partial charge in [-0.3, -0.25) is 4.79 Å². The van der Waals surface area contributed by atoms with Gasteiger partial charge >= 0.3 is 0 Å². The van der Waals surface area contributed by atoms with Crippen LogP contribution in [0.25, 0.3) is 0 Å². The number of amides is 1. The van der Waals surface area contributed by atoms with E-state index in [1.54, 1.807) is 0 Å². The van der Waals surface area contributed by atoms with Crippen molar-refractivity contribution in [1.29, 1.82) is 0 Å². The lowest BCUT2D eigenvalue weighted by Crippen LogP contribution is -2.42. The van der Waals surface area contributed by atoms with Gasteiger partial charge in [-0.05, 0) is 26.2 Å². The Labute approximate surface area is 120 Å². The summed E-state index contributed by atoms with van der Waals surface area (Å²) in [6.45, 7) is 4.91. The Morgan fingerprint density at radius 1 is 1.40 bits per heavy atom. The van der Waals surface area contributed by atoms with Crippen LogP contribution in [0.1, 0.15) is 63.6 Å². The third kappa shape index (κ3) is 3.36. The van der Waals surface area contributed by atoms with Crippen molar-refractivity contribution in [1.82, 2.24) is 20.1 Å². The predicted molar refractivity (Wildman–Crippen MR) is 77.0 cm³/mol. The van der Waals surface area contributed by atoms with Crippen molar-refractivity contribution in [2.75, 3.05) is 0 Å². The van der Waals surface area contributed by atoms with Crippen molar-refractivity contribution in [3.8, 4) is 0 Å². The molecule has 1 aromatic heterocycles. The van der Waals surface area contributed by atoms with Crippen LogP contribution in [0.2, 0.25) is 0 Å². The molecule has 0 bridgehead atoms. The molecule has 1 aromatic rings. The molecular formula is C14H25N5O. The number of carbonyl (C=O) groups excluding carboxylic acids is 1. The van der Waals surface area contributed by atoms with Gasteiger partial charge in [0, 0.05) is 13.0 Å². The highest BCUT2D eigenvalue weighted by Gasteiger charge is 2.22. The first-order valence-electron chi connectivity index (χ1n) is 7.61. The molecule has 0 aliphatic carbocycles. The number of nitrogens with one attached hydrogen (secondary N) is 1. The number of nitrogens with zero attached hydrogens (tertiary/aromatic N) is 3. The molecule has 1 amide bonds. The van der Waals surface area contributed by atoms with E-state index in [1.807, 2.05) is 13.8 Å². The topological polar surface area (TPSA) is 85.8 Å². The normalized spacial score (nSPS) is 17.9. The Kier molecular flexibility index (Phi) is 5.11. The third-order valence-electron chi connectivity index (χ3n) is 3.82. The van der Waals surface area contributed by atoms with Gasteiger partial charge in [-0.15, -0.1) is 10.2 Å². The maximum Gasteiger partial charge on any atom is 0.237 e. The number of hydrogen-bond donors (Lipinski definition) is 2. The lowest BCUT2D eigenvalue weighted by Gasteiger charge is -2.17. The molecule has 3 N–H and O–H groups in total. The molecule has 0 radical (unpaired) electrons. The minimum Gasteiger partial charge on any atom is -0.345 e. The van der Waals surface area contributed by atoms with Crippen molar-refractivity contribution in [3.63, 3.8) is 0 Å². The van der Waals surface area contributed by atoms with E-state index < -0.39 is 6.04 Å². The molecule has 20 heavy (non-hydrogen) atoms. The highest BCUT2D eigenvalue weighted by atomic mass is 16.2. The van der Waals surface area contributed by atoms with Gasteiger partial charge < -0.3 is 15.6 Å². The van der Waals surface area contributed by atoms with E-state index >= 15 is 0 Å². The minimum absolute atomic E-state index is 0.106. The van der Waals surface area contributed by atoms with E-state index in [0.717, 1.165) is 37.5 Å². The summed E-state index contributed by atoms with van der Waals surface area (Å²) in [6, 6.07) is -0.585. The van der Waals surface area contributed by atoms with E-state index in [-0.39, 0.29) is 11.9 Å². The second kappa shape index (κ2) is 6.83. The van der Waals surface area contributed by atoms with Crippen molar-refractivity contribution in [2.45, 2.75) is 71.0 Å². The molecule has 1 aliphatic heterocycles. The second-order valence-corrected chi connectivity index (χ2v) is 5.56. The maximum absolute atomic E-state index is 12.0. The van der Waals surface area contributed by atoms with E-state index in [1.165, 1.54) is 12.8 Å². The van der Waals surface area contributed by atoms with Crippen LogP contribution < -0.4 is 11.1 Å². The molecule has 2 rings (SSSR count). The molecule has 1 aliphatic rings. The quantitative estimate of drug-likeness (QED) is 0.851. The molecule has 0 spiro atoms. The van der Waals surface area contributed by atoms with Gasteiger partial charge in [0.2, 0.25) is 5.91 Å². The number of rotatable bonds is 5. The first-order chi connectivity index (χ1) is 9.63. The monoisotopic (exact) mass is 279 g/mol. The van der Waals surface area contributed by atoms with Gasteiger partial charge in [-0.25, -0.2) is 0 Å². The summed E-state index contributed by atoms with van der Waals surface area (Å²) < 4.78 is 2.16. The van der Waals surface area contributed by atoms with E-state index in [9.17, 15) is 4.79 Å². The number of fused-ring (bicyclic) bond motifs is 1. The smallest absolute Gasteiger partial charge is 0.237 e. The molecule has 0 saturated carbocycles. The van der Waals surface area contributed by atoms with Gasteiger partial charge in [-0.1, -0.05) is 19.8 Å². The first kappa shape index (κ1) is 15.0. The van der Waals surface area contributed by atoms with E-state index in [4.69, 9.17) is 5.73 Å². The van der Waals surface area contributed by atoms with E-state index in [2.05, 4.69) is 20.1 Å². The highest BCUT2D eigenvalue weighted by Crippen LogP contribution is 2.18. The fourth-order valence-corrected chi connectivity index (χ4v) is 2.65. The standard InChI is InChI=1S/C14H25N5O/c1-3-7-11(15)14(20)16-10(2)13-18-17-12-8-5-4-6-9-19(12)13/h10-11H,3-9,15H2,1-2H3,(H,16,20). The Hall–Kier alpha value is -1.43. The number of carbonyl (C=O) groups is 1. The van der Waals surface area contributed by atoms with Crippen LogP contribution in [0.5, 0.6) is 0 Å².